The summed E-state index contributed by atoms with van der Waals surface area (Å²) in [7, 11) is 0. The molecule has 0 aliphatic carbocycles. The quantitative estimate of drug-likeness (QED) is 0.688. The van der Waals surface area contributed by atoms with Crippen LogP contribution in [0.25, 0.3) is 0 Å². The van der Waals surface area contributed by atoms with E-state index in [-0.39, 0.29) is 17.7 Å². The van der Waals surface area contributed by atoms with E-state index in [2.05, 4.69) is 5.48 Å². The summed E-state index contributed by atoms with van der Waals surface area (Å²) in [5.41, 5.74) is 2.38. The van der Waals surface area contributed by atoms with Gasteiger partial charge in [-0.05, 0) is 19.8 Å². The van der Waals surface area contributed by atoms with Gasteiger partial charge in [0.2, 0.25) is 11.8 Å². The Kier molecular flexibility index (Phi) is 4.55. The maximum Gasteiger partial charge on any atom is 0.248 e. The maximum atomic E-state index is 11.6. The van der Waals surface area contributed by atoms with E-state index in [1.807, 2.05) is 6.92 Å². The zero-order valence-corrected chi connectivity index (χ0v) is 9.28. The Hall–Kier alpha value is -1.10. The SMILES string of the molecule is CCONC(=O)C1CCCN(C(C)=O)C1. The van der Waals surface area contributed by atoms with E-state index in [9.17, 15) is 9.59 Å². The van der Waals surface area contributed by atoms with Crippen LogP contribution in [0.2, 0.25) is 0 Å². The average Bonchev–Trinajstić information content (AvgIpc) is 2.26. The van der Waals surface area contributed by atoms with Gasteiger partial charge in [0, 0.05) is 20.0 Å². The van der Waals surface area contributed by atoms with Gasteiger partial charge in [0.1, 0.15) is 0 Å². The fraction of sp³-hybridized carbons (Fsp3) is 0.800. The molecule has 1 saturated heterocycles. The lowest BCUT2D eigenvalue weighted by molar-refractivity contribution is -0.141. The molecule has 0 aromatic heterocycles. The molecule has 0 aromatic carbocycles. The van der Waals surface area contributed by atoms with Crippen molar-refractivity contribution < 1.29 is 14.4 Å². The molecule has 0 radical (unpaired) electrons. The number of amides is 2. The lowest BCUT2D eigenvalue weighted by Crippen LogP contribution is -2.44. The van der Waals surface area contributed by atoms with Gasteiger partial charge in [-0.3, -0.25) is 14.4 Å². The van der Waals surface area contributed by atoms with Gasteiger partial charge < -0.3 is 4.90 Å². The molecule has 15 heavy (non-hydrogen) atoms. The first-order valence-electron chi connectivity index (χ1n) is 5.32. The summed E-state index contributed by atoms with van der Waals surface area (Å²) in [6, 6.07) is 0. The minimum Gasteiger partial charge on any atom is -0.342 e. The molecule has 1 heterocycles. The van der Waals surface area contributed by atoms with Crippen molar-refractivity contribution in [2.24, 2.45) is 5.92 Å². The van der Waals surface area contributed by atoms with E-state index < -0.39 is 0 Å². The van der Waals surface area contributed by atoms with Crippen LogP contribution >= 0.6 is 0 Å². The smallest absolute Gasteiger partial charge is 0.248 e. The molecule has 1 aliphatic rings. The predicted molar refractivity (Wildman–Crippen MR) is 54.7 cm³/mol. The minimum atomic E-state index is -0.130. The van der Waals surface area contributed by atoms with Gasteiger partial charge in [-0.2, -0.15) is 0 Å². The first kappa shape index (κ1) is 12.0. The van der Waals surface area contributed by atoms with Crippen LogP contribution in [-0.2, 0) is 14.4 Å². The third kappa shape index (κ3) is 3.51. The van der Waals surface area contributed by atoms with Gasteiger partial charge in [-0.25, -0.2) is 5.48 Å². The van der Waals surface area contributed by atoms with Crippen LogP contribution in [-0.4, -0.2) is 36.4 Å². The third-order valence-corrected chi connectivity index (χ3v) is 2.55. The molecule has 2 amide bonds. The highest BCUT2D eigenvalue weighted by Crippen LogP contribution is 2.16. The fourth-order valence-corrected chi connectivity index (χ4v) is 1.70. The number of likely N-dealkylation sites (tertiary alicyclic amines) is 1. The van der Waals surface area contributed by atoms with Crippen LogP contribution in [0, 0.1) is 5.92 Å². The molecule has 0 aromatic rings. The number of nitrogens with zero attached hydrogens (tertiary/aromatic N) is 1. The number of hydrogen-bond acceptors (Lipinski definition) is 3. The summed E-state index contributed by atoms with van der Waals surface area (Å²) in [6.45, 7) is 5.06. The Balaban J connectivity index is 2.41. The highest BCUT2D eigenvalue weighted by Gasteiger charge is 2.26. The molecule has 1 fully saturated rings. The van der Waals surface area contributed by atoms with Crippen LogP contribution in [0.5, 0.6) is 0 Å². The van der Waals surface area contributed by atoms with Crippen LogP contribution in [0.1, 0.15) is 26.7 Å². The van der Waals surface area contributed by atoms with E-state index >= 15 is 0 Å². The molecule has 0 saturated carbocycles. The topological polar surface area (TPSA) is 58.6 Å². The number of rotatable bonds is 3. The van der Waals surface area contributed by atoms with Crippen molar-refractivity contribution >= 4 is 11.8 Å². The van der Waals surface area contributed by atoms with E-state index in [0.29, 0.717) is 13.2 Å². The summed E-state index contributed by atoms with van der Waals surface area (Å²) in [4.78, 5) is 29.2. The predicted octanol–water partition coefficient (Wildman–Crippen LogP) is 0.313. The van der Waals surface area contributed by atoms with Crippen LogP contribution in [0.4, 0.5) is 0 Å². The van der Waals surface area contributed by atoms with Gasteiger partial charge in [-0.1, -0.05) is 0 Å². The van der Waals surface area contributed by atoms with E-state index in [0.717, 1.165) is 19.4 Å². The van der Waals surface area contributed by atoms with Crippen LogP contribution in [0.3, 0.4) is 0 Å². The number of hydrogen-bond donors (Lipinski definition) is 1. The molecule has 0 spiro atoms. The van der Waals surface area contributed by atoms with Crippen LogP contribution in [0.15, 0.2) is 0 Å². The molecule has 1 rings (SSSR count). The first-order chi connectivity index (χ1) is 7.15. The molecular formula is C10H18N2O3. The fourth-order valence-electron chi connectivity index (χ4n) is 1.70. The second-order valence-corrected chi connectivity index (χ2v) is 3.70. The lowest BCUT2D eigenvalue weighted by Gasteiger charge is -2.30. The normalized spacial score (nSPS) is 21.2. The Labute approximate surface area is 89.7 Å². The summed E-state index contributed by atoms with van der Waals surface area (Å²) >= 11 is 0. The van der Waals surface area contributed by atoms with Crippen molar-refractivity contribution in [1.82, 2.24) is 10.4 Å². The third-order valence-electron chi connectivity index (χ3n) is 2.55. The second kappa shape index (κ2) is 5.70. The standard InChI is InChI=1S/C10H18N2O3/c1-3-15-11-10(14)9-5-4-6-12(7-9)8(2)13/h9H,3-7H2,1-2H3,(H,11,14). The van der Waals surface area contributed by atoms with Crippen molar-refractivity contribution in [3.8, 4) is 0 Å². The molecule has 1 N–H and O–H groups in total. The Bertz CT molecular complexity index is 243. The van der Waals surface area contributed by atoms with Gasteiger partial charge in [0.15, 0.2) is 0 Å². The Morgan fingerprint density at radius 3 is 2.87 bits per heavy atom. The zero-order valence-electron chi connectivity index (χ0n) is 9.28. The monoisotopic (exact) mass is 214 g/mol. The van der Waals surface area contributed by atoms with Crippen LogP contribution < -0.4 is 5.48 Å². The summed E-state index contributed by atoms with van der Waals surface area (Å²) in [6.07, 6.45) is 1.70. The van der Waals surface area contributed by atoms with Crippen molar-refractivity contribution in [3.63, 3.8) is 0 Å². The molecular weight excluding hydrogens is 196 g/mol. The average molecular weight is 214 g/mol. The van der Waals surface area contributed by atoms with Crippen molar-refractivity contribution in [3.05, 3.63) is 0 Å². The molecule has 5 heteroatoms. The minimum absolute atomic E-state index is 0.0314. The second-order valence-electron chi connectivity index (χ2n) is 3.70. The van der Waals surface area contributed by atoms with Gasteiger partial charge in [0.25, 0.3) is 0 Å². The van der Waals surface area contributed by atoms with E-state index in [1.165, 1.54) is 6.92 Å². The van der Waals surface area contributed by atoms with Gasteiger partial charge in [0.05, 0.1) is 12.5 Å². The van der Waals surface area contributed by atoms with Gasteiger partial charge in [-0.15, -0.1) is 0 Å². The highest BCUT2D eigenvalue weighted by atomic mass is 16.6. The zero-order chi connectivity index (χ0) is 11.3. The largest absolute Gasteiger partial charge is 0.342 e. The number of piperidine rings is 1. The number of carbonyl (C=O) groups excluding carboxylic acids is 2. The number of carbonyl (C=O) groups is 2. The summed E-state index contributed by atoms with van der Waals surface area (Å²) < 4.78 is 0. The molecule has 5 nitrogen and oxygen atoms in total. The van der Waals surface area contributed by atoms with E-state index in [1.54, 1.807) is 4.90 Å². The highest BCUT2D eigenvalue weighted by molar-refractivity contribution is 5.79. The summed E-state index contributed by atoms with van der Waals surface area (Å²) in [5.74, 6) is -0.221. The van der Waals surface area contributed by atoms with Crippen molar-refractivity contribution in [1.29, 1.82) is 0 Å². The van der Waals surface area contributed by atoms with E-state index in [4.69, 9.17) is 4.84 Å². The van der Waals surface area contributed by atoms with Crippen molar-refractivity contribution in [2.75, 3.05) is 19.7 Å². The Morgan fingerprint density at radius 1 is 1.53 bits per heavy atom. The summed E-state index contributed by atoms with van der Waals surface area (Å²) in [5, 5.41) is 0. The number of nitrogens with one attached hydrogen (secondary N) is 1. The lowest BCUT2D eigenvalue weighted by atomic mass is 9.97. The molecule has 1 unspecified atom stereocenters. The molecule has 86 valence electrons. The molecule has 0 bridgehead atoms. The van der Waals surface area contributed by atoms with Gasteiger partial charge >= 0.3 is 0 Å². The molecule has 1 aliphatic heterocycles. The number of hydroxylamine groups is 1. The Morgan fingerprint density at radius 2 is 2.27 bits per heavy atom. The first-order valence-corrected chi connectivity index (χ1v) is 5.32. The molecule has 1 atom stereocenters. The van der Waals surface area contributed by atoms with Crippen molar-refractivity contribution in [2.45, 2.75) is 26.7 Å². The maximum absolute atomic E-state index is 11.6.